The zero-order chi connectivity index (χ0) is 19.1. The Kier molecular flexibility index (Phi) is 4.37. The van der Waals surface area contributed by atoms with Crippen LogP contribution in [0.3, 0.4) is 0 Å². The van der Waals surface area contributed by atoms with Gasteiger partial charge in [0.15, 0.2) is 0 Å². The van der Waals surface area contributed by atoms with Crippen LogP contribution >= 0.6 is 0 Å². The van der Waals surface area contributed by atoms with Gasteiger partial charge < -0.3 is 15.2 Å². The van der Waals surface area contributed by atoms with E-state index in [4.69, 9.17) is 4.74 Å². The number of aliphatic carboxylic acids is 1. The van der Waals surface area contributed by atoms with Gasteiger partial charge in [0.1, 0.15) is 6.61 Å². The van der Waals surface area contributed by atoms with Gasteiger partial charge in [0.25, 0.3) is 0 Å². The second-order valence-electron chi connectivity index (χ2n) is 7.43. The predicted octanol–water partition coefficient (Wildman–Crippen LogP) is 2.34. The molecule has 142 valence electrons. The summed E-state index contributed by atoms with van der Waals surface area (Å²) in [5.41, 5.74) is 1.65. The number of fused-ring (bicyclic) bond motifs is 2. The Hall–Kier alpha value is -2.83. The first kappa shape index (κ1) is 17.6. The van der Waals surface area contributed by atoms with E-state index in [1.165, 1.54) is 0 Å². The Morgan fingerprint density at radius 1 is 1.19 bits per heavy atom. The molecule has 1 saturated heterocycles. The van der Waals surface area contributed by atoms with E-state index in [-0.39, 0.29) is 29.9 Å². The van der Waals surface area contributed by atoms with E-state index in [0.717, 1.165) is 17.7 Å². The molecule has 2 amide bonds. The van der Waals surface area contributed by atoms with Gasteiger partial charge in [-0.2, -0.15) is 0 Å². The molecular weight excluding hydrogens is 348 g/mol. The number of rotatable bonds is 5. The number of carboxylic acid groups (broad SMARTS) is 1. The number of cyclic esters (lactones) is 1. The van der Waals surface area contributed by atoms with E-state index in [0.29, 0.717) is 13.2 Å². The number of allylic oxidation sites excluding steroid dienone is 2. The van der Waals surface area contributed by atoms with Crippen LogP contribution in [-0.2, 0) is 14.3 Å². The topological polar surface area (TPSA) is 95.9 Å². The molecule has 2 N–H and O–H groups in total. The lowest BCUT2D eigenvalue weighted by Crippen LogP contribution is -2.41. The predicted molar refractivity (Wildman–Crippen MR) is 97.0 cm³/mol. The monoisotopic (exact) mass is 370 g/mol. The number of nitrogens with zero attached hydrogens (tertiary/aromatic N) is 1. The summed E-state index contributed by atoms with van der Waals surface area (Å²) >= 11 is 0. The largest absolute Gasteiger partial charge is 0.481 e. The smallest absolute Gasteiger partial charge is 0.414 e. The van der Waals surface area contributed by atoms with Gasteiger partial charge in [-0.3, -0.25) is 14.5 Å². The van der Waals surface area contributed by atoms with Gasteiger partial charge in [-0.15, -0.1) is 0 Å². The number of carboxylic acids is 1. The summed E-state index contributed by atoms with van der Waals surface area (Å²) in [7, 11) is 0. The maximum Gasteiger partial charge on any atom is 0.414 e. The molecule has 7 nitrogen and oxygen atoms in total. The highest BCUT2D eigenvalue weighted by Crippen LogP contribution is 2.48. The van der Waals surface area contributed by atoms with Crippen molar-refractivity contribution in [3.05, 3.63) is 42.0 Å². The van der Waals surface area contributed by atoms with Crippen molar-refractivity contribution in [2.45, 2.75) is 19.4 Å². The van der Waals surface area contributed by atoms with Gasteiger partial charge in [0.2, 0.25) is 5.91 Å². The molecule has 0 spiro atoms. The lowest BCUT2D eigenvalue weighted by atomic mass is 9.82. The van der Waals surface area contributed by atoms with Gasteiger partial charge in [-0.25, -0.2) is 4.79 Å². The summed E-state index contributed by atoms with van der Waals surface area (Å²) < 4.78 is 4.94. The average Bonchev–Trinajstić information content (AvgIpc) is 3.37. The maximum atomic E-state index is 12.8. The number of ether oxygens (including phenoxy) is 1. The van der Waals surface area contributed by atoms with E-state index >= 15 is 0 Å². The van der Waals surface area contributed by atoms with E-state index < -0.39 is 17.8 Å². The van der Waals surface area contributed by atoms with Crippen molar-refractivity contribution in [1.29, 1.82) is 0 Å². The number of carbonyl (C=O) groups is 3. The highest BCUT2D eigenvalue weighted by molar-refractivity contribution is 5.89. The van der Waals surface area contributed by atoms with Crippen molar-refractivity contribution in [3.8, 4) is 0 Å². The van der Waals surface area contributed by atoms with Crippen molar-refractivity contribution in [1.82, 2.24) is 5.32 Å². The third-order valence-electron chi connectivity index (χ3n) is 5.87. The lowest BCUT2D eigenvalue weighted by molar-refractivity contribution is -0.148. The van der Waals surface area contributed by atoms with E-state index in [2.05, 4.69) is 5.32 Å². The molecule has 5 unspecified atom stereocenters. The van der Waals surface area contributed by atoms with Crippen LogP contribution in [0.4, 0.5) is 10.5 Å². The van der Waals surface area contributed by atoms with Crippen molar-refractivity contribution >= 4 is 23.7 Å². The van der Waals surface area contributed by atoms with Crippen molar-refractivity contribution in [3.63, 3.8) is 0 Å². The zero-order valence-electron chi connectivity index (χ0n) is 15.0. The fraction of sp³-hybridized carbons (Fsp3) is 0.450. The Morgan fingerprint density at radius 3 is 2.44 bits per heavy atom. The van der Waals surface area contributed by atoms with Crippen LogP contribution < -0.4 is 10.2 Å². The summed E-state index contributed by atoms with van der Waals surface area (Å²) in [5, 5.41) is 12.5. The van der Waals surface area contributed by atoms with Crippen molar-refractivity contribution in [2.24, 2.45) is 23.7 Å². The molecular formula is C20H22N2O5. The molecule has 2 fully saturated rings. The molecule has 7 heteroatoms. The van der Waals surface area contributed by atoms with Gasteiger partial charge in [0, 0.05) is 5.69 Å². The molecule has 3 aliphatic rings. The first-order chi connectivity index (χ1) is 13.0. The van der Waals surface area contributed by atoms with Crippen molar-refractivity contribution < 1.29 is 24.2 Å². The first-order valence-electron chi connectivity index (χ1n) is 9.21. The van der Waals surface area contributed by atoms with E-state index in [1.807, 2.05) is 43.3 Å². The summed E-state index contributed by atoms with van der Waals surface area (Å²) in [5.74, 6) is -2.31. The van der Waals surface area contributed by atoms with Crippen LogP contribution in [0.1, 0.15) is 24.9 Å². The Balaban J connectivity index is 1.43. The quantitative estimate of drug-likeness (QED) is 0.776. The minimum absolute atomic E-state index is 0.00635. The number of nitrogens with one attached hydrogen (secondary N) is 1. The molecule has 4 rings (SSSR count). The molecule has 27 heavy (non-hydrogen) atoms. The summed E-state index contributed by atoms with van der Waals surface area (Å²) in [6.07, 6.45) is 4.29. The zero-order valence-corrected chi connectivity index (χ0v) is 15.0. The van der Waals surface area contributed by atoms with Gasteiger partial charge >= 0.3 is 12.1 Å². The van der Waals surface area contributed by atoms with Gasteiger partial charge in [-0.05, 0) is 42.9 Å². The Bertz CT molecular complexity index is 803. The van der Waals surface area contributed by atoms with Gasteiger partial charge in [0.05, 0.1) is 24.4 Å². The number of amides is 2. The molecule has 1 aromatic carbocycles. The van der Waals surface area contributed by atoms with Crippen LogP contribution in [0.25, 0.3) is 0 Å². The molecule has 2 bridgehead atoms. The third kappa shape index (κ3) is 3.07. The SMILES string of the molecule is CC(NC(=O)C1C2C=CC(C2)C1C(=O)O)c1ccc(N2CCOC2=O)cc1. The maximum absolute atomic E-state index is 12.8. The summed E-state index contributed by atoms with van der Waals surface area (Å²) in [6.45, 7) is 2.78. The van der Waals surface area contributed by atoms with Crippen LogP contribution in [0.15, 0.2) is 36.4 Å². The fourth-order valence-electron chi connectivity index (χ4n) is 4.48. The van der Waals surface area contributed by atoms with Crippen molar-refractivity contribution in [2.75, 3.05) is 18.1 Å². The highest BCUT2D eigenvalue weighted by atomic mass is 16.6. The third-order valence-corrected chi connectivity index (χ3v) is 5.87. The number of hydrogen-bond acceptors (Lipinski definition) is 4. The molecule has 1 saturated carbocycles. The number of hydrogen-bond donors (Lipinski definition) is 2. The number of benzene rings is 1. The number of carbonyl (C=O) groups excluding carboxylic acids is 2. The molecule has 0 aromatic heterocycles. The highest BCUT2D eigenvalue weighted by Gasteiger charge is 2.51. The lowest BCUT2D eigenvalue weighted by Gasteiger charge is -2.26. The van der Waals surface area contributed by atoms with E-state index in [1.54, 1.807) is 4.90 Å². The molecule has 1 heterocycles. The Labute approximate surface area is 157 Å². The second kappa shape index (κ2) is 6.72. The van der Waals surface area contributed by atoms with Crippen LogP contribution in [0.5, 0.6) is 0 Å². The first-order valence-corrected chi connectivity index (χ1v) is 9.21. The minimum atomic E-state index is -0.901. The standard InChI is InChI=1S/C20H22N2O5/c1-11(12-4-6-15(7-5-12)22-8-9-27-20(22)26)21-18(23)16-13-2-3-14(10-13)17(16)19(24)25/h2-7,11,13-14,16-17H,8-10H2,1H3,(H,21,23)(H,24,25). The summed E-state index contributed by atoms with van der Waals surface area (Å²) in [4.78, 5) is 37.6. The molecule has 1 aromatic rings. The van der Waals surface area contributed by atoms with Crippen LogP contribution in [0, 0.1) is 23.7 Å². The Morgan fingerprint density at radius 2 is 1.85 bits per heavy atom. The molecule has 1 aliphatic heterocycles. The van der Waals surface area contributed by atoms with E-state index in [9.17, 15) is 19.5 Å². The minimum Gasteiger partial charge on any atom is -0.481 e. The number of anilines is 1. The molecule has 0 radical (unpaired) electrons. The normalized spacial score (nSPS) is 29.7. The van der Waals surface area contributed by atoms with Gasteiger partial charge in [-0.1, -0.05) is 24.3 Å². The fourth-order valence-corrected chi connectivity index (χ4v) is 4.48. The summed E-state index contributed by atoms with van der Waals surface area (Å²) in [6, 6.07) is 7.12. The van der Waals surface area contributed by atoms with Crippen LogP contribution in [-0.4, -0.2) is 36.2 Å². The molecule has 5 atom stereocenters. The van der Waals surface area contributed by atoms with Crippen LogP contribution in [0.2, 0.25) is 0 Å². The second-order valence-corrected chi connectivity index (χ2v) is 7.43. The average molecular weight is 370 g/mol. The molecule has 2 aliphatic carbocycles.